The second kappa shape index (κ2) is 6.83. The maximum Gasteiger partial charge on any atom is 0.257 e. The Bertz CT molecular complexity index is 875. The van der Waals surface area contributed by atoms with Crippen LogP contribution in [0.15, 0.2) is 67.0 Å². The average Bonchev–Trinajstić information content (AvgIpc) is 2.63. The van der Waals surface area contributed by atoms with Crippen LogP contribution in [0.5, 0.6) is 0 Å². The Labute approximate surface area is 139 Å². The van der Waals surface area contributed by atoms with Gasteiger partial charge in [-0.1, -0.05) is 18.2 Å². The standard InChI is InChI=1S/C19H15N3O2/c1-13(23)14-5-4-6-16(11-14)22-19(24)15-8-9-18(21-12-15)17-7-2-3-10-20-17/h2-12H,1H3,(H,22,24). The van der Waals surface area contributed by atoms with Crippen molar-refractivity contribution in [2.45, 2.75) is 6.92 Å². The van der Waals surface area contributed by atoms with Crippen molar-refractivity contribution in [3.05, 3.63) is 78.1 Å². The molecule has 0 aliphatic rings. The molecule has 1 N–H and O–H groups in total. The van der Waals surface area contributed by atoms with Crippen molar-refractivity contribution in [2.75, 3.05) is 5.32 Å². The molecule has 2 aromatic heterocycles. The Morgan fingerprint density at radius 1 is 0.875 bits per heavy atom. The van der Waals surface area contributed by atoms with Crippen LogP contribution in [0.4, 0.5) is 5.69 Å². The molecule has 0 saturated heterocycles. The molecule has 0 spiro atoms. The number of hydrogen-bond donors (Lipinski definition) is 1. The number of anilines is 1. The summed E-state index contributed by atoms with van der Waals surface area (Å²) < 4.78 is 0. The van der Waals surface area contributed by atoms with Crippen molar-refractivity contribution >= 4 is 17.4 Å². The lowest BCUT2D eigenvalue weighted by Crippen LogP contribution is -2.12. The third-order valence-electron chi connectivity index (χ3n) is 3.48. The first-order valence-corrected chi connectivity index (χ1v) is 7.43. The monoisotopic (exact) mass is 317 g/mol. The van der Waals surface area contributed by atoms with E-state index in [0.717, 1.165) is 5.69 Å². The van der Waals surface area contributed by atoms with E-state index < -0.39 is 0 Å². The van der Waals surface area contributed by atoms with Gasteiger partial charge in [0.05, 0.1) is 17.0 Å². The van der Waals surface area contributed by atoms with Crippen molar-refractivity contribution < 1.29 is 9.59 Å². The van der Waals surface area contributed by atoms with E-state index >= 15 is 0 Å². The van der Waals surface area contributed by atoms with E-state index in [1.165, 1.54) is 13.1 Å². The van der Waals surface area contributed by atoms with Gasteiger partial charge < -0.3 is 5.32 Å². The van der Waals surface area contributed by atoms with Crippen LogP contribution in [0.3, 0.4) is 0 Å². The molecule has 0 aliphatic carbocycles. The minimum atomic E-state index is -0.282. The summed E-state index contributed by atoms with van der Waals surface area (Å²) in [6.07, 6.45) is 3.20. The number of nitrogens with zero attached hydrogens (tertiary/aromatic N) is 2. The summed E-state index contributed by atoms with van der Waals surface area (Å²) in [7, 11) is 0. The quantitative estimate of drug-likeness (QED) is 0.746. The first kappa shape index (κ1) is 15.6. The summed E-state index contributed by atoms with van der Waals surface area (Å²) in [6, 6.07) is 15.8. The van der Waals surface area contributed by atoms with Gasteiger partial charge in [0.2, 0.25) is 0 Å². The predicted molar refractivity (Wildman–Crippen MR) is 91.9 cm³/mol. The molecule has 0 radical (unpaired) electrons. The zero-order valence-electron chi connectivity index (χ0n) is 13.1. The number of benzene rings is 1. The lowest BCUT2D eigenvalue weighted by atomic mass is 10.1. The molecule has 118 valence electrons. The van der Waals surface area contributed by atoms with Crippen molar-refractivity contribution in [1.82, 2.24) is 9.97 Å². The highest BCUT2D eigenvalue weighted by atomic mass is 16.1. The molecule has 0 fully saturated rings. The third kappa shape index (κ3) is 3.52. The second-order valence-corrected chi connectivity index (χ2v) is 5.24. The topological polar surface area (TPSA) is 72.0 Å². The Morgan fingerprint density at radius 2 is 1.71 bits per heavy atom. The van der Waals surface area contributed by atoms with Gasteiger partial charge in [-0.2, -0.15) is 0 Å². The summed E-state index contributed by atoms with van der Waals surface area (Å²) in [5.41, 5.74) is 3.00. The van der Waals surface area contributed by atoms with E-state index in [1.54, 1.807) is 42.6 Å². The number of Topliss-reactive ketones (excluding diaryl/α,β-unsaturated/α-hetero) is 1. The predicted octanol–water partition coefficient (Wildman–Crippen LogP) is 3.60. The minimum Gasteiger partial charge on any atom is -0.322 e. The van der Waals surface area contributed by atoms with Gasteiger partial charge in [-0.15, -0.1) is 0 Å². The fraction of sp³-hybridized carbons (Fsp3) is 0.0526. The van der Waals surface area contributed by atoms with Crippen LogP contribution in [0.25, 0.3) is 11.4 Å². The van der Waals surface area contributed by atoms with Crippen molar-refractivity contribution in [1.29, 1.82) is 0 Å². The normalized spacial score (nSPS) is 10.2. The van der Waals surface area contributed by atoms with Crippen molar-refractivity contribution in [2.24, 2.45) is 0 Å². The summed E-state index contributed by atoms with van der Waals surface area (Å²) in [5.74, 6) is -0.330. The number of amides is 1. The number of ketones is 1. The summed E-state index contributed by atoms with van der Waals surface area (Å²) >= 11 is 0. The lowest BCUT2D eigenvalue weighted by Gasteiger charge is -2.07. The van der Waals surface area contributed by atoms with E-state index in [4.69, 9.17) is 0 Å². The fourth-order valence-electron chi connectivity index (χ4n) is 2.21. The molecule has 0 bridgehead atoms. The van der Waals surface area contributed by atoms with Crippen LogP contribution >= 0.6 is 0 Å². The molecule has 24 heavy (non-hydrogen) atoms. The van der Waals surface area contributed by atoms with Crippen LogP contribution in [-0.4, -0.2) is 21.7 Å². The number of carbonyl (C=O) groups excluding carboxylic acids is 2. The molecular formula is C19H15N3O2. The molecule has 3 aromatic rings. The van der Waals surface area contributed by atoms with Crippen molar-refractivity contribution in [3.8, 4) is 11.4 Å². The number of nitrogens with one attached hydrogen (secondary N) is 1. The molecule has 5 heteroatoms. The SMILES string of the molecule is CC(=O)c1cccc(NC(=O)c2ccc(-c3ccccn3)nc2)c1. The minimum absolute atomic E-state index is 0.0486. The zero-order chi connectivity index (χ0) is 16.9. The molecule has 2 heterocycles. The van der Waals surface area contributed by atoms with Gasteiger partial charge in [-0.3, -0.25) is 19.6 Å². The van der Waals surface area contributed by atoms with Crippen LogP contribution in [0, 0.1) is 0 Å². The van der Waals surface area contributed by atoms with Gasteiger partial charge in [0.25, 0.3) is 5.91 Å². The number of aromatic nitrogens is 2. The Hall–Kier alpha value is -3.34. The van der Waals surface area contributed by atoms with E-state index in [2.05, 4.69) is 15.3 Å². The highest BCUT2D eigenvalue weighted by Gasteiger charge is 2.09. The number of pyridine rings is 2. The largest absolute Gasteiger partial charge is 0.322 e. The molecule has 3 rings (SSSR count). The zero-order valence-corrected chi connectivity index (χ0v) is 13.1. The second-order valence-electron chi connectivity index (χ2n) is 5.24. The Morgan fingerprint density at radius 3 is 2.38 bits per heavy atom. The van der Waals surface area contributed by atoms with Gasteiger partial charge in [0, 0.05) is 23.6 Å². The van der Waals surface area contributed by atoms with Gasteiger partial charge in [0.1, 0.15) is 0 Å². The molecule has 1 amide bonds. The van der Waals surface area contributed by atoms with E-state index in [-0.39, 0.29) is 11.7 Å². The maximum absolute atomic E-state index is 12.3. The molecule has 1 aromatic carbocycles. The highest BCUT2D eigenvalue weighted by Crippen LogP contribution is 2.15. The molecule has 0 saturated carbocycles. The Balaban J connectivity index is 1.76. The molecule has 0 unspecified atom stereocenters. The summed E-state index contributed by atoms with van der Waals surface area (Å²) in [6.45, 7) is 1.49. The van der Waals surface area contributed by atoms with E-state index in [0.29, 0.717) is 22.5 Å². The lowest BCUT2D eigenvalue weighted by molar-refractivity contribution is 0.101. The molecular weight excluding hydrogens is 302 g/mol. The maximum atomic E-state index is 12.3. The number of carbonyl (C=O) groups is 2. The van der Waals surface area contributed by atoms with E-state index in [1.807, 2.05) is 18.2 Å². The first-order chi connectivity index (χ1) is 11.6. The fourth-order valence-corrected chi connectivity index (χ4v) is 2.21. The Kier molecular flexibility index (Phi) is 4.43. The van der Waals surface area contributed by atoms with Crippen LogP contribution in [0.2, 0.25) is 0 Å². The van der Waals surface area contributed by atoms with E-state index in [9.17, 15) is 9.59 Å². The number of rotatable bonds is 4. The van der Waals surface area contributed by atoms with Crippen LogP contribution in [-0.2, 0) is 0 Å². The molecule has 0 aliphatic heterocycles. The first-order valence-electron chi connectivity index (χ1n) is 7.43. The smallest absolute Gasteiger partial charge is 0.257 e. The van der Waals surface area contributed by atoms with Crippen molar-refractivity contribution in [3.63, 3.8) is 0 Å². The molecule has 0 atom stereocenters. The summed E-state index contributed by atoms with van der Waals surface area (Å²) in [4.78, 5) is 32.2. The highest BCUT2D eigenvalue weighted by molar-refractivity contribution is 6.05. The third-order valence-corrected chi connectivity index (χ3v) is 3.48. The van der Waals surface area contributed by atoms with Gasteiger partial charge in [0.15, 0.2) is 5.78 Å². The van der Waals surface area contributed by atoms with Gasteiger partial charge in [-0.25, -0.2) is 0 Å². The van der Waals surface area contributed by atoms with Gasteiger partial charge >= 0.3 is 0 Å². The van der Waals surface area contributed by atoms with Crippen LogP contribution < -0.4 is 5.32 Å². The molecule has 5 nitrogen and oxygen atoms in total. The average molecular weight is 317 g/mol. The van der Waals surface area contributed by atoms with Crippen LogP contribution in [0.1, 0.15) is 27.6 Å². The van der Waals surface area contributed by atoms with Gasteiger partial charge in [-0.05, 0) is 43.3 Å². The number of hydrogen-bond acceptors (Lipinski definition) is 4. The summed E-state index contributed by atoms with van der Waals surface area (Å²) in [5, 5.41) is 2.77.